The van der Waals surface area contributed by atoms with Crippen molar-refractivity contribution in [3.63, 3.8) is 0 Å². The van der Waals surface area contributed by atoms with Gasteiger partial charge in [-0.3, -0.25) is 9.69 Å². The lowest BCUT2D eigenvalue weighted by molar-refractivity contribution is -0.121. The van der Waals surface area contributed by atoms with Crippen molar-refractivity contribution < 1.29 is 9.53 Å². The van der Waals surface area contributed by atoms with E-state index >= 15 is 0 Å². The normalized spacial score (nSPS) is 18.4. The SMILES string of the molecule is CCNCCC(=O)CN1CCOCC1. The van der Waals surface area contributed by atoms with Crippen molar-refractivity contribution in [1.29, 1.82) is 0 Å². The first-order chi connectivity index (χ1) is 6.83. The van der Waals surface area contributed by atoms with Crippen molar-refractivity contribution in [3.8, 4) is 0 Å². The van der Waals surface area contributed by atoms with E-state index in [4.69, 9.17) is 4.74 Å². The number of carbonyl (C=O) groups excluding carboxylic acids is 1. The van der Waals surface area contributed by atoms with Gasteiger partial charge in [-0.1, -0.05) is 6.92 Å². The first kappa shape index (κ1) is 11.6. The van der Waals surface area contributed by atoms with Crippen molar-refractivity contribution in [2.75, 3.05) is 45.9 Å². The van der Waals surface area contributed by atoms with E-state index in [-0.39, 0.29) is 0 Å². The predicted octanol–water partition coefficient (Wildman–Crippen LogP) is -0.113. The maximum Gasteiger partial charge on any atom is 0.148 e. The lowest BCUT2D eigenvalue weighted by Crippen LogP contribution is -2.40. The zero-order valence-corrected chi connectivity index (χ0v) is 8.92. The van der Waals surface area contributed by atoms with Gasteiger partial charge in [0.2, 0.25) is 0 Å². The van der Waals surface area contributed by atoms with Crippen LogP contribution in [0, 0.1) is 0 Å². The van der Waals surface area contributed by atoms with Gasteiger partial charge in [0.15, 0.2) is 0 Å². The van der Waals surface area contributed by atoms with Gasteiger partial charge >= 0.3 is 0 Å². The lowest BCUT2D eigenvalue weighted by atomic mass is 10.2. The van der Waals surface area contributed by atoms with Crippen LogP contribution in [0.4, 0.5) is 0 Å². The van der Waals surface area contributed by atoms with Crippen LogP contribution < -0.4 is 5.32 Å². The zero-order chi connectivity index (χ0) is 10.2. The molecular formula is C10H20N2O2. The number of ether oxygens (including phenoxy) is 1. The average molecular weight is 200 g/mol. The molecule has 14 heavy (non-hydrogen) atoms. The van der Waals surface area contributed by atoms with Gasteiger partial charge in [-0.05, 0) is 6.54 Å². The van der Waals surface area contributed by atoms with E-state index in [2.05, 4.69) is 10.2 Å². The minimum atomic E-state index is 0.327. The molecule has 0 aromatic heterocycles. The Labute approximate surface area is 85.6 Å². The van der Waals surface area contributed by atoms with Crippen LogP contribution >= 0.6 is 0 Å². The van der Waals surface area contributed by atoms with E-state index < -0.39 is 0 Å². The van der Waals surface area contributed by atoms with Crippen molar-refractivity contribution in [3.05, 3.63) is 0 Å². The fourth-order valence-electron chi connectivity index (χ4n) is 1.49. The average Bonchev–Trinajstić information content (AvgIpc) is 2.20. The van der Waals surface area contributed by atoms with Crippen LogP contribution in [0.3, 0.4) is 0 Å². The number of morpholine rings is 1. The van der Waals surface area contributed by atoms with E-state index in [0.29, 0.717) is 18.7 Å². The molecule has 0 unspecified atom stereocenters. The first-order valence-electron chi connectivity index (χ1n) is 5.35. The van der Waals surface area contributed by atoms with Gasteiger partial charge in [0.05, 0.1) is 19.8 Å². The predicted molar refractivity (Wildman–Crippen MR) is 55.4 cm³/mol. The van der Waals surface area contributed by atoms with Crippen LogP contribution in [0.5, 0.6) is 0 Å². The number of carbonyl (C=O) groups is 1. The van der Waals surface area contributed by atoms with Crippen LogP contribution in [0.15, 0.2) is 0 Å². The minimum absolute atomic E-state index is 0.327. The van der Waals surface area contributed by atoms with Crippen LogP contribution in [0.1, 0.15) is 13.3 Å². The van der Waals surface area contributed by atoms with Gasteiger partial charge in [-0.2, -0.15) is 0 Å². The summed E-state index contributed by atoms with van der Waals surface area (Å²) in [4.78, 5) is 13.6. The summed E-state index contributed by atoms with van der Waals surface area (Å²) in [5.74, 6) is 0.327. The highest BCUT2D eigenvalue weighted by Gasteiger charge is 2.13. The molecule has 0 atom stereocenters. The molecule has 1 aliphatic rings. The molecule has 1 N–H and O–H groups in total. The van der Waals surface area contributed by atoms with Crippen molar-refractivity contribution in [2.24, 2.45) is 0 Å². The minimum Gasteiger partial charge on any atom is -0.379 e. The first-order valence-corrected chi connectivity index (χ1v) is 5.35. The molecular weight excluding hydrogens is 180 g/mol. The van der Waals surface area contributed by atoms with Gasteiger partial charge < -0.3 is 10.1 Å². The van der Waals surface area contributed by atoms with Gasteiger partial charge in [0.25, 0.3) is 0 Å². The van der Waals surface area contributed by atoms with E-state index in [1.54, 1.807) is 0 Å². The summed E-state index contributed by atoms with van der Waals surface area (Å²) >= 11 is 0. The molecule has 0 aromatic rings. The van der Waals surface area contributed by atoms with Crippen LogP contribution in [-0.4, -0.2) is 56.6 Å². The lowest BCUT2D eigenvalue weighted by Gasteiger charge is -2.25. The maximum absolute atomic E-state index is 11.5. The fraction of sp³-hybridized carbons (Fsp3) is 0.900. The third-order valence-electron chi connectivity index (χ3n) is 2.33. The van der Waals surface area contributed by atoms with Crippen LogP contribution in [0.2, 0.25) is 0 Å². The Bertz CT molecular complexity index is 168. The summed E-state index contributed by atoms with van der Waals surface area (Å²) in [5, 5.41) is 3.15. The third kappa shape index (κ3) is 4.69. The van der Waals surface area contributed by atoms with Crippen LogP contribution in [-0.2, 0) is 9.53 Å². The fourth-order valence-corrected chi connectivity index (χ4v) is 1.49. The summed E-state index contributed by atoms with van der Waals surface area (Å²) < 4.78 is 5.21. The molecule has 0 radical (unpaired) electrons. The number of Topliss-reactive ketones (excluding diaryl/α,β-unsaturated/α-hetero) is 1. The van der Waals surface area contributed by atoms with E-state index in [0.717, 1.165) is 39.4 Å². The summed E-state index contributed by atoms with van der Waals surface area (Å²) in [6.07, 6.45) is 0.644. The van der Waals surface area contributed by atoms with E-state index in [9.17, 15) is 4.79 Å². The van der Waals surface area contributed by atoms with E-state index in [1.807, 2.05) is 6.92 Å². The Morgan fingerprint density at radius 3 is 2.79 bits per heavy atom. The molecule has 0 spiro atoms. The molecule has 4 nitrogen and oxygen atoms in total. The quantitative estimate of drug-likeness (QED) is 0.607. The summed E-state index contributed by atoms with van der Waals surface area (Å²) in [7, 11) is 0. The Balaban J connectivity index is 2.06. The number of hydrogen-bond acceptors (Lipinski definition) is 4. The summed E-state index contributed by atoms with van der Waals surface area (Å²) in [6.45, 7) is 7.70. The summed E-state index contributed by atoms with van der Waals surface area (Å²) in [5.41, 5.74) is 0. The van der Waals surface area contributed by atoms with Crippen molar-refractivity contribution >= 4 is 5.78 Å². The molecule has 82 valence electrons. The topological polar surface area (TPSA) is 41.6 Å². The van der Waals surface area contributed by atoms with Gasteiger partial charge in [-0.15, -0.1) is 0 Å². The van der Waals surface area contributed by atoms with Gasteiger partial charge in [0, 0.05) is 26.1 Å². The molecule has 1 rings (SSSR count). The molecule has 1 saturated heterocycles. The second kappa shape index (κ2) is 6.92. The van der Waals surface area contributed by atoms with Gasteiger partial charge in [0.1, 0.15) is 5.78 Å². The number of ketones is 1. The third-order valence-corrected chi connectivity index (χ3v) is 2.33. The largest absolute Gasteiger partial charge is 0.379 e. The Morgan fingerprint density at radius 2 is 2.14 bits per heavy atom. The van der Waals surface area contributed by atoms with Gasteiger partial charge in [-0.25, -0.2) is 0 Å². The molecule has 0 aromatic carbocycles. The second-order valence-corrected chi connectivity index (χ2v) is 3.53. The highest BCUT2D eigenvalue weighted by Crippen LogP contribution is 1.97. The highest BCUT2D eigenvalue weighted by atomic mass is 16.5. The molecule has 4 heteroatoms. The summed E-state index contributed by atoms with van der Waals surface area (Å²) in [6, 6.07) is 0. The second-order valence-electron chi connectivity index (χ2n) is 3.53. The van der Waals surface area contributed by atoms with Crippen LogP contribution in [0.25, 0.3) is 0 Å². The molecule has 1 aliphatic heterocycles. The Morgan fingerprint density at radius 1 is 1.43 bits per heavy atom. The number of rotatable bonds is 6. The van der Waals surface area contributed by atoms with Crippen molar-refractivity contribution in [1.82, 2.24) is 10.2 Å². The van der Waals surface area contributed by atoms with E-state index in [1.165, 1.54) is 0 Å². The standard InChI is InChI=1S/C10H20N2O2/c1-2-11-4-3-10(13)9-12-5-7-14-8-6-12/h11H,2-9H2,1H3. The molecule has 0 amide bonds. The molecule has 0 saturated carbocycles. The monoisotopic (exact) mass is 200 g/mol. The molecule has 0 aliphatic carbocycles. The van der Waals surface area contributed by atoms with Crippen molar-refractivity contribution in [2.45, 2.75) is 13.3 Å². The molecule has 0 bridgehead atoms. The smallest absolute Gasteiger partial charge is 0.148 e. The maximum atomic E-state index is 11.5. The Hall–Kier alpha value is -0.450. The Kier molecular flexibility index (Phi) is 5.75. The number of nitrogens with zero attached hydrogens (tertiary/aromatic N) is 1. The number of nitrogens with one attached hydrogen (secondary N) is 1. The zero-order valence-electron chi connectivity index (χ0n) is 8.92. The highest BCUT2D eigenvalue weighted by molar-refractivity contribution is 5.80. The molecule has 1 heterocycles. The number of hydrogen-bond donors (Lipinski definition) is 1. The molecule has 1 fully saturated rings.